The first kappa shape index (κ1) is 28.0. The lowest BCUT2D eigenvalue weighted by Crippen LogP contribution is -2.38. The van der Waals surface area contributed by atoms with Gasteiger partial charge in [-0.05, 0) is 109 Å². The number of allylic oxidation sites excluding steroid dienone is 1. The number of rotatable bonds is 9. The third kappa shape index (κ3) is 7.00. The van der Waals surface area contributed by atoms with Crippen LogP contribution in [0.25, 0.3) is 0 Å². The van der Waals surface area contributed by atoms with Gasteiger partial charge in [0.15, 0.2) is 0 Å². The van der Waals surface area contributed by atoms with Crippen molar-refractivity contribution in [2.45, 2.75) is 98.3 Å². The molecule has 1 saturated carbocycles. The highest BCUT2D eigenvalue weighted by atomic mass is 16.5. The van der Waals surface area contributed by atoms with Gasteiger partial charge in [0.2, 0.25) is 0 Å². The van der Waals surface area contributed by atoms with E-state index in [-0.39, 0.29) is 23.7 Å². The molecule has 0 spiro atoms. The second-order valence-corrected chi connectivity index (χ2v) is 11.2. The molecule has 0 aliphatic heterocycles. The Morgan fingerprint density at radius 2 is 1.72 bits per heavy atom. The Labute approximate surface area is 218 Å². The van der Waals surface area contributed by atoms with Crippen molar-refractivity contribution in [3.05, 3.63) is 76.4 Å². The number of carbonyl (C=O) groups is 1. The van der Waals surface area contributed by atoms with Crippen molar-refractivity contribution < 1.29 is 14.6 Å². The molecule has 1 N–H and O–H groups in total. The van der Waals surface area contributed by atoms with Crippen molar-refractivity contribution in [3.63, 3.8) is 0 Å². The lowest BCUT2D eigenvalue weighted by Gasteiger charge is -2.32. The molecule has 1 unspecified atom stereocenters. The summed E-state index contributed by atoms with van der Waals surface area (Å²) in [6.07, 6.45) is 3.67. The van der Waals surface area contributed by atoms with Gasteiger partial charge in [-0.25, -0.2) is 4.79 Å². The van der Waals surface area contributed by atoms with Gasteiger partial charge in [-0.2, -0.15) is 0 Å². The second-order valence-electron chi connectivity index (χ2n) is 11.2. The van der Waals surface area contributed by atoms with E-state index >= 15 is 0 Å². The fraction of sp³-hybridized carbons (Fsp3) is 0.531. The fourth-order valence-corrected chi connectivity index (χ4v) is 5.62. The Hall–Kier alpha value is -2.59. The van der Waals surface area contributed by atoms with E-state index in [1.807, 2.05) is 24.3 Å². The molecule has 36 heavy (non-hydrogen) atoms. The van der Waals surface area contributed by atoms with Crippen LogP contribution in [0, 0.1) is 5.92 Å². The Balaban J connectivity index is 1.90. The number of carbonyl (C=O) groups excluding carboxylic acids is 1. The Kier molecular flexibility index (Phi) is 9.78. The molecule has 2 aromatic rings. The molecule has 0 saturated heterocycles. The van der Waals surface area contributed by atoms with Gasteiger partial charge in [-0.1, -0.05) is 42.8 Å². The van der Waals surface area contributed by atoms with Crippen LogP contribution < -0.4 is 0 Å². The molecule has 0 aromatic heterocycles. The zero-order valence-corrected chi connectivity index (χ0v) is 23.3. The first-order valence-corrected chi connectivity index (χ1v) is 13.6. The molecule has 0 amide bonds. The Bertz CT molecular complexity index is 1030. The zero-order chi connectivity index (χ0) is 26.4. The number of benzene rings is 2. The van der Waals surface area contributed by atoms with Crippen LogP contribution in [-0.2, 0) is 4.74 Å². The smallest absolute Gasteiger partial charge is 0.338 e. The number of aromatic hydroxyl groups is 1. The molecular weight excluding hydrogens is 446 g/mol. The van der Waals surface area contributed by atoms with E-state index in [1.165, 1.54) is 11.1 Å². The van der Waals surface area contributed by atoms with Crippen LogP contribution in [0.1, 0.15) is 102 Å². The van der Waals surface area contributed by atoms with Gasteiger partial charge >= 0.3 is 5.97 Å². The average Bonchev–Trinajstić information content (AvgIpc) is 2.82. The van der Waals surface area contributed by atoms with E-state index in [0.29, 0.717) is 23.6 Å². The fourth-order valence-electron chi connectivity index (χ4n) is 5.62. The van der Waals surface area contributed by atoms with Crippen LogP contribution >= 0.6 is 0 Å². The van der Waals surface area contributed by atoms with Gasteiger partial charge in [0.1, 0.15) is 11.9 Å². The number of hydrogen-bond acceptors (Lipinski definition) is 4. The monoisotopic (exact) mass is 491 g/mol. The summed E-state index contributed by atoms with van der Waals surface area (Å²) in [4.78, 5) is 15.8. The molecule has 0 radical (unpaired) electrons. The quantitative estimate of drug-likeness (QED) is 0.288. The van der Waals surface area contributed by atoms with Crippen molar-refractivity contribution >= 4 is 5.97 Å². The molecule has 4 nitrogen and oxygen atoms in total. The van der Waals surface area contributed by atoms with Crippen LogP contribution in [0.15, 0.2) is 59.7 Å². The molecular formula is C32H45NO3. The van der Waals surface area contributed by atoms with Crippen LogP contribution in [0.2, 0.25) is 0 Å². The van der Waals surface area contributed by atoms with E-state index < -0.39 is 0 Å². The molecule has 2 aromatic carbocycles. The van der Waals surface area contributed by atoms with Crippen molar-refractivity contribution in [1.82, 2.24) is 4.90 Å². The first-order chi connectivity index (χ1) is 17.1. The van der Waals surface area contributed by atoms with Gasteiger partial charge in [-0.3, -0.25) is 4.90 Å². The number of phenolic OH excluding ortho intramolecular Hbond substituents is 1. The van der Waals surface area contributed by atoms with E-state index in [0.717, 1.165) is 43.4 Å². The number of ether oxygens (including phenoxy) is 1. The summed E-state index contributed by atoms with van der Waals surface area (Å²) in [5.74, 6) is 0.416. The third-order valence-electron chi connectivity index (χ3n) is 7.65. The maximum Gasteiger partial charge on any atom is 0.338 e. The molecule has 196 valence electrons. The largest absolute Gasteiger partial charge is 0.508 e. The lowest BCUT2D eigenvalue weighted by molar-refractivity contribution is 0.0287. The maximum absolute atomic E-state index is 13.3. The molecule has 0 bridgehead atoms. The van der Waals surface area contributed by atoms with Crippen molar-refractivity contribution in [3.8, 4) is 5.75 Å². The average molecular weight is 492 g/mol. The number of hydrogen-bond donors (Lipinski definition) is 1. The summed E-state index contributed by atoms with van der Waals surface area (Å²) in [5, 5.41) is 10.9. The highest BCUT2D eigenvalue weighted by Gasteiger charge is 2.29. The lowest BCUT2D eigenvalue weighted by atomic mass is 9.83. The van der Waals surface area contributed by atoms with Crippen LogP contribution in [0.4, 0.5) is 0 Å². The van der Waals surface area contributed by atoms with Crippen LogP contribution in [0.3, 0.4) is 0 Å². The predicted molar refractivity (Wildman–Crippen MR) is 149 cm³/mol. The van der Waals surface area contributed by atoms with Gasteiger partial charge in [0.25, 0.3) is 0 Å². The minimum atomic E-state index is -0.313. The second kappa shape index (κ2) is 12.6. The molecule has 0 heterocycles. The van der Waals surface area contributed by atoms with E-state index in [9.17, 15) is 9.90 Å². The molecule has 1 aliphatic carbocycles. The minimum absolute atomic E-state index is 0.0259. The predicted octanol–water partition coefficient (Wildman–Crippen LogP) is 7.71. The van der Waals surface area contributed by atoms with Crippen LogP contribution in [0.5, 0.6) is 5.75 Å². The Morgan fingerprint density at radius 3 is 2.33 bits per heavy atom. The SMILES string of the molecule is CC(C)=C1CC[C@H](C)C[C@@H]1OC(=O)c1ccc(O)c(C(CCN(C(C)C)C(C)C)c2ccccc2)c1. The summed E-state index contributed by atoms with van der Waals surface area (Å²) in [5.41, 5.74) is 4.92. The van der Waals surface area contributed by atoms with E-state index in [2.05, 4.69) is 65.5 Å². The van der Waals surface area contributed by atoms with Gasteiger partial charge in [0.05, 0.1) is 5.56 Å². The third-order valence-corrected chi connectivity index (χ3v) is 7.65. The molecule has 1 fully saturated rings. The highest BCUT2D eigenvalue weighted by molar-refractivity contribution is 5.90. The molecule has 3 atom stereocenters. The highest BCUT2D eigenvalue weighted by Crippen LogP contribution is 2.36. The van der Waals surface area contributed by atoms with Crippen molar-refractivity contribution in [1.29, 1.82) is 0 Å². The summed E-state index contributed by atoms with van der Waals surface area (Å²) in [7, 11) is 0. The normalized spacial score (nSPS) is 19.1. The zero-order valence-electron chi connectivity index (χ0n) is 23.3. The molecule has 3 rings (SSSR count). The summed E-state index contributed by atoms with van der Waals surface area (Å²) in [6, 6.07) is 16.3. The van der Waals surface area contributed by atoms with Gasteiger partial charge in [-0.15, -0.1) is 0 Å². The number of phenols is 1. The number of esters is 1. The number of nitrogens with zero attached hydrogens (tertiary/aromatic N) is 1. The van der Waals surface area contributed by atoms with E-state index in [4.69, 9.17) is 4.74 Å². The maximum atomic E-state index is 13.3. The molecule has 1 aliphatic rings. The summed E-state index contributed by atoms with van der Waals surface area (Å²) < 4.78 is 6.08. The van der Waals surface area contributed by atoms with Gasteiger partial charge in [0, 0.05) is 23.6 Å². The topological polar surface area (TPSA) is 49.8 Å². The standard InChI is InChI=1S/C32H45NO3/c1-21(2)27-15-13-24(7)19-31(27)36-32(35)26-14-16-30(34)29(20-26)28(25-11-9-8-10-12-25)17-18-33(22(3)4)23(5)6/h8-12,14,16,20,22-24,28,31,34H,13,15,17-19H2,1-7H3/t24-,28?,31-/m0/s1. The van der Waals surface area contributed by atoms with Crippen molar-refractivity contribution in [2.75, 3.05) is 6.54 Å². The first-order valence-electron chi connectivity index (χ1n) is 13.6. The minimum Gasteiger partial charge on any atom is -0.508 e. The van der Waals surface area contributed by atoms with Crippen LogP contribution in [-0.4, -0.2) is 40.7 Å². The molecule has 4 heteroatoms. The Morgan fingerprint density at radius 1 is 1.06 bits per heavy atom. The van der Waals surface area contributed by atoms with E-state index in [1.54, 1.807) is 12.1 Å². The summed E-state index contributed by atoms with van der Waals surface area (Å²) in [6.45, 7) is 16.2. The van der Waals surface area contributed by atoms with Crippen molar-refractivity contribution in [2.24, 2.45) is 5.92 Å². The summed E-state index contributed by atoms with van der Waals surface area (Å²) >= 11 is 0. The van der Waals surface area contributed by atoms with Gasteiger partial charge < -0.3 is 9.84 Å².